The number of hydrogen-bond acceptors (Lipinski definition) is 4. The lowest BCUT2D eigenvalue weighted by Gasteiger charge is -2.09. The second-order valence-electron chi connectivity index (χ2n) is 6.22. The monoisotopic (exact) mass is 336 g/mol. The smallest absolute Gasteiger partial charge is 0.253 e. The van der Waals surface area contributed by atoms with Crippen molar-refractivity contribution in [3.63, 3.8) is 0 Å². The van der Waals surface area contributed by atoms with E-state index in [0.29, 0.717) is 12.1 Å². The molecule has 0 saturated carbocycles. The Kier molecular flexibility index (Phi) is 4.06. The van der Waals surface area contributed by atoms with Crippen molar-refractivity contribution in [2.75, 3.05) is 12.1 Å². The van der Waals surface area contributed by atoms with E-state index in [9.17, 15) is 4.79 Å². The number of aryl methyl sites for hydroxylation is 1. The zero-order valence-corrected chi connectivity index (χ0v) is 14.1. The summed E-state index contributed by atoms with van der Waals surface area (Å²) < 4.78 is 10.7. The van der Waals surface area contributed by atoms with Crippen LogP contribution in [-0.2, 0) is 13.0 Å². The standard InChI is InChI=1S/C20H20N2O3/c1-2-3-13-4-6-17-14(8-13)9-15(20(23)22-17)11-21-16-5-7-18-19(10-16)25-12-24-18/h4-10,21H,2-3,11-12H2,1H3,(H,22,23). The fraction of sp³-hybridized carbons (Fsp3) is 0.250. The second-order valence-corrected chi connectivity index (χ2v) is 6.22. The topological polar surface area (TPSA) is 63.4 Å². The third-order valence-corrected chi connectivity index (χ3v) is 4.38. The first-order valence-corrected chi connectivity index (χ1v) is 8.51. The largest absolute Gasteiger partial charge is 0.454 e. The van der Waals surface area contributed by atoms with Crippen LogP contribution >= 0.6 is 0 Å². The van der Waals surface area contributed by atoms with Gasteiger partial charge in [0, 0.05) is 29.4 Å². The van der Waals surface area contributed by atoms with E-state index in [1.54, 1.807) is 0 Å². The van der Waals surface area contributed by atoms with Crippen molar-refractivity contribution in [1.82, 2.24) is 4.98 Å². The number of hydrogen-bond donors (Lipinski definition) is 2. The summed E-state index contributed by atoms with van der Waals surface area (Å²) in [6, 6.07) is 13.8. The molecule has 0 spiro atoms. The van der Waals surface area contributed by atoms with E-state index in [-0.39, 0.29) is 12.4 Å². The first-order chi connectivity index (χ1) is 12.2. The van der Waals surface area contributed by atoms with Crippen LogP contribution in [0.25, 0.3) is 10.9 Å². The van der Waals surface area contributed by atoms with E-state index in [0.717, 1.165) is 40.9 Å². The normalized spacial score (nSPS) is 12.5. The molecule has 5 heteroatoms. The molecule has 2 heterocycles. The van der Waals surface area contributed by atoms with E-state index in [2.05, 4.69) is 29.4 Å². The molecular weight excluding hydrogens is 316 g/mol. The minimum atomic E-state index is -0.0658. The number of aromatic nitrogens is 1. The average molecular weight is 336 g/mol. The van der Waals surface area contributed by atoms with Crippen molar-refractivity contribution < 1.29 is 9.47 Å². The molecule has 0 bridgehead atoms. The number of benzene rings is 2. The highest BCUT2D eigenvalue weighted by molar-refractivity contribution is 5.79. The van der Waals surface area contributed by atoms with Crippen molar-refractivity contribution in [2.45, 2.75) is 26.3 Å². The number of aromatic amines is 1. The Bertz CT molecular complexity index is 978. The number of H-pyrrole nitrogens is 1. The van der Waals surface area contributed by atoms with E-state index < -0.39 is 0 Å². The molecule has 3 aromatic rings. The number of rotatable bonds is 5. The maximum atomic E-state index is 12.3. The van der Waals surface area contributed by atoms with E-state index >= 15 is 0 Å². The van der Waals surface area contributed by atoms with Gasteiger partial charge in [-0.2, -0.15) is 0 Å². The van der Waals surface area contributed by atoms with Crippen LogP contribution in [0.5, 0.6) is 11.5 Å². The summed E-state index contributed by atoms with van der Waals surface area (Å²) >= 11 is 0. The van der Waals surface area contributed by atoms with Crippen molar-refractivity contribution in [2.24, 2.45) is 0 Å². The number of pyridine rings is 1. The zero-order valence-electron chi connectivity index (χ0n) is 14.1. The molecule has 25 heavy (non-hydrogen) atoms. The molecule has 4 rings (SSSR count). The van der Waals surface area contributed by atoms with Gasteiger partial charge in [-0.1, -0.05) is 19.4 Å². The molecule has 0 unspecified atom stereocenters. The molecule has 1 aliphatic rings. The Morgan fingerprint density at radius 2 is 1.96 bits per heavy atom. The minimum absolute atomic E-state index is 0.0658. The van der Waals surface area contributed by atoms with E-state index in [4.69, 9.17) is 9.47 Å². The highest BCUT2D eigenvalue weighted by Crippen LogP contribution is 2.34. The summed E-state index contributed by atoms with van der Waals surface area (Å²) in [4.78, 5) is 15.3. The molecule has 0 atom stereocenters. The molecule has 128 valence electrons. The Morgan fingerprint density at radius 1 is 1.08 bits per heavy atom. The third-order valence-electron chi connectivity index (χ3n) is 4.38. The van der Waals surface area contributed by atoms with Gasteiger partial charge < -0.3 is 19.8 Å². The number of anilines is 1. The molecule has 0 fully saturated rings. The van der Waals surface area contributed by atoms with Gasteiger partial charge in [0.25, 0.3) is 5.56 Å². The van der Waals surface area contributed by atoms with Crippen molar-refractivity contribution in [1.29, 1.82) is 0 Å². The lowest BCUT2D eigenvalue weighted by Crippen LogP contribution is -2.15. The minimum Gasteiger partial charge on any atom is -0.454 e. The fourth-order valence-electron chi connectivity index (χ4n) is 3.08. The molecular formula is C20H20N2O3. The van der Waals surface area contributed by atoms with Gasteiger partial charge in [-0.3, -0.25) is 4.79 Å². The quantitative estimate of drug-likeness (QED) is 0.743. The van der Waals surface area contributed by atoms with Gasteiger partial charge in [0.2, 0.25) is 6.79 Å². The molecule has 1 aromatic heterocycles. The second kappa shape index (κ2) is 6.51. The molecule has 1 aliphatic heterocycles. The first kappa shape index (κ1) is 15.6. The van der Waals surface area contributed by atoms with Crippen LogP contribution in [0.2, 0.25) is 0 Å². The SMILES string of the molecule is CCCc1ccc2[nH]c(=O)c(CNc3ccc4c(c3)OCO4)cc2c1. The maximum Gasteiger partial charge on any atom is 0.253 e. The summed E-state index contributed by atoms with van der Waals surface area (Å²) in [7, 11) is 0. The lowest BCUT2D eigenvalue weighted by atomic mass is 10.1. The van der Waals surface area contributed by atoms with Gasteiger partial charge in [-0.15, -0.1) is 0 Å². The van der Waals surface area contributed by atoms with Gasteiger partial charge in [0.15, 0.2) is 11.5 Å². The number of ether oxygens (including phenoxy) is 2. The van der Waals surface area contributed by atoms with Crippen LogP contribution in [0.4, 0.5) is 5.69 Å². The van der Waals surface area contributed by atoms with Crippen LogP contribution in [0, 0.1) is 0 Å². The van der Waals surface area contributed by atoms with Crippen molar-refractivity contribution >= 4 is 16.6 Å². The summed E-state index contributed by atoms with van der Waals surface area (Å²) in [5, 5.41) is 4.34. The zero-order chi connectivity index (χ0) is 17.2. The van der Waals surface area contributed by atoms with Gasteiger partial charge >= 0.3 is 0 Å². The van der Waals surface area contributed by atoms with Crippen LogP contribution in [0.3, 0.4) is 0 Å². The van der Waals surface area contributed by atoms with Gasteiger partial charge in [0.1, 0.15) is 0 Å². The number of nitrogens with one attached hydrogen (secondary N) is 2. The molecule has 0 amide bonds. The highest BCUT2D eigenvalue weighted by atomic mass is 16.7. The van der Waals surface area contributed by atoms with Gasteiger partial charge in [-0.05, 0) is 47.7 Å². The Hall–Kier alpha value is -2.95. The summed E-state index contributed by atoms with van der Waals surface area (Å²) in [6.07, 6.45) is 2.15. The summed E-state index contributed by atoms with van der Waals surface area (Å²) in [5.41, 5.74) is 3.69. The van der Waals surface area contributed by atoms with Crippen LogP contribution in [0.1, 0.15) is 24.5 Å². The maximum absolute atomic E-state index is 12.3. The third kappa shape index (κ3) is 3.18. The summed E-state index contributed by atoms with van der Waals surface area (Å²) in [6.45, 7) is 2.87. The average Bonchev–Trinajstić information content (AvgIpc) is 3.08. The summed E-state index contributed by atoms with van der Waals surface area (Å²) in [5.74, 6) is 1.47. The molecule has 0 saturated heterocycles. The van der Waals surface area contributed by atoms with Gasteiger partial charge in [-0.25, -0.2) is 0 Å². The van der Waals surface area contributed by atoms with Crippen molar-refractivity contribution in [3.8, 4) is 11.5 Å². The molecule has 5 nitrogen and oxygen atoms in total. The predicted octanol–water partition coefficient (Wildman–Crippen LogP) is 3.82. The number of fused-ring (bicyclic) bond motifs is 2. The van der Waals surface area contributed by atoms with Crippen molar-refractivity contribution in [3.05, 3.63) is 63.9 Å². The van der Waals surface area contributed by atoms with Crippen LogP contribution in [-0.4, -0.2) is 11.8 Å². The van der Waals surface area contributed by atoms with Crippen LogP contribution in [0.15, 0.2) is 47.3 Å². The Labute approximate surface area is 145 Å². The van der Waals surface area contributed by atoms with E-state index in [1.165, 1.54) is 5.56 Å². The molecule has 2 aromatic carbocycles. The Balaban J connectivity index is 1.58. The van der Waals surface area contributed by atoms with Crippen LogP contribution < -0.4 is 20.3 Å². The molecule has 2 N–H and O–H groups in total. The van der Waals surface area contributed by atoms with Gasteiger partial charge in [0.05, 0.1) is 0 Å². The van der Waals surface area contributed by atoms with E-state index in [1.807, 2.05) is 30.3 Å². The molecule has 0 radical (unpaired) electrons. The Morgan fingerprint density at radius 3 is 2.84 bits per heavy atom. The molecule has 0 aliphatic carbocycles. The predicted molar refractivity (Wildman–Crippen MR) is 98.5 cm³/mol. The highest BCUT2D eigenvalue weighted by Gasteiger charge is 2.13. The first-order valence-electron chi connectivity index (χ1n) is 8.51. The lowest BCUT2D eigenvalue weighted by molar-refractivity contribution is 0.174. The fourth-order valence-corrected chi connectivity index (χ4v) is 3.08.